The number of Topliss-reactive ketones (excluding diaryl/α,β-unsaturated/α-hetero) is 1. The van der Waals surface area contributed by atoms with Crippen LogP contribution < -0.4 is 5.32 Å². The molecule has 3 nitrogen and oxygen atoms in total. The van der Waals surface area contributed by atoms with Crippen LogP contribution in [0.15, 0.2) is 36.5 Å². The summed E-state index contributed by atoms with van der Waals surface area (Å²) >= 11 is 24.9. The normalized spacial score (nSPS) is 14.9. The number of carbonyl (C=O) groups excluding carboxylic acids is 1. The molecule has 2 heterocycles. The topological polar surface area (TPSA) is 42.0 Å². The summed E-state index contributed by atoms with van der Waals surface area (Å²) in [4.78, 5) is 16.4. The molecule has 3 rings (SSSR count). The number of nitrogens with one attached hydrogen (secondary N) is 1. The Hall–Kier alpha value is -0.280. The third-order valence-corrected chi connectivity index (χ3v) is 2.97. The molecule has 124 valence electrons. The summed E-state index contributed by atoms with van der Waals surface area (Å²) in [5.41, 5.74) is 3.64. The molecule has 1 N–H and O–H groups in total. The van der Waals surface area contributed by atoms with E-state index >= 15 is 0 Å². The molecule has 0 unspecified atom stereocenters. The van der Waals surface area contributed by atoms with E-state index in [9.17, 15) is 4.79 Å². The van der Waals surface area contributed by atoms with Crippen molar-refractivity contribution in [2.24, 2.45) is 0 Å². The first-order chi connectivity index (χ1) is 10.5. The Morgan fingerprint density at radius 3 is 2.43 bits per heavy atom. The molecule has 9 heteroatoms. The fraction of sp³-hybridized carbons (Fsp3) is 0.143. The first kappa shape index (κ1) is 19.1. The average molecular weight is 433 g/mol. The molecule has 0 spiro atoms. The van der Waals surface area contributed by atoms with Gasteiger partial charge in [0.05, 0.1) is 5.69 Å². The zero-order valence-corrected chi connectivity index (χ0v) is 16.5. The van der Waals surface area contributed by atoms with Crippen LogP contribution in [0.5, 0.6) is 0 Å². The number of pyridine rings is 1. The first-order valence-corrected chi connectivity index (χ1v) is 13.2. The number of rotatable bonds is 0. The van der Waals surface area contributed by atoms with E-state index in [1.54, 1.807) is 6.20 Å². The van der Waals surface area contributed by atoms with Gasteiger partial charge < -0.3 is 5.32 Å². The molecule has 0 bridgehead atoms. The molecule has 0 radical (unpaired) electrons. The van der Waals surface area contributed by atoms with Gasteiger partial charge in [0, 0.05) is 23.7 Å². The maximum absolute atomic E-state index is 12.2. The Morgan fingerprint density at radius 2 is 1.78 bits per heavy atom. The Morgan fingerprint density at radius 1 is 1.13 bits per heavy atom. The molecule has 23 heavy (non-hydrogen) atoms. The minimum atomic E-state index is -3.69. The number of ketones is 1. The number of carbonyl (C=O) groups is 1. The van der Waals surface area contributed by atoms with Gasteiger partial charge in [-0.2, -0.15) is 0 Å². The SMILES string of the molecule is Cc1ccc2c(c1)C(=O)Cc1cccnc1N2.ClP(Cl)(Cl)(Cl)Cl. The third kappa shape index (κ3) is 6.62. The van der Waals surface area contributed by atoms with Crippen molar-refractivity contribution in [1.82, 2.24) is 4.98 Å². The number of aryl methyl sites for hydroxylation is 1. The van der Waals surface area contributed by atoms with E-state index in [4.69, 9.17) is 56.2 Å². The molecule has 1 aromatic carbocycles. The van der Waals surface area contributed by atoms with Crippen LogP contribution >= 0.6 is 59.6 Å². The second-order valence-electron chi connectivity index (χ2n) is 4.92. The zero-order chi connectivity index (χ0) is 17.3. The Kier molecular flexibility index (Phi) is 5.73. The predicted octanol–water partition coefficient (Wildman–Crippen LogP) is 7.18. The van der Waals surface area contributed by atoms with Crippen molar-refractivity contribution in [3.05, 3.63) is 53.2 Å². The van der Waals surface area contributed by atoms with Gasteiger partial charge in [0.2, 0.25) is 0 Å². The molecular formula is C14H12Cl5N2OP. The van der Waals surface area contributed by atoms with Crippen LogP contribution in [0.1, 0.15) is 21.5 Å². The molecule has 0 atom stereocenters. The van der Waals surface area contributed by atoms with Gasteiger partial charge in [-0.25, -0.2) is 4.98 Å². The van der Waals surface area contributed by atoms with Crippen LogP contribution in [0.25, 0.3) is 0 Å². The summed E-state index contributed by atoms with van der Waals surface area (Å²) in [5.74, 6) is 0.923. The van der Waals surface area contributed by atoms with E-state index in [1.165, 1.54) is 0 Å². The summed E-state index contributed by atoms with van der Waals surface area (Å²) in [6.45, 7) is 1.99. The van der Waals surface area contributed by atoms with Crippen molar-refractivity contribution in [2.45, 2.75) is 13.3 Å². The minimum absolute atomic E-state index is 0.142. The van der Waals surface area contributed by atoms with Gasteiger partial charge in [0.15, 0.2) is 5.78 Å². The summed E-state index contributed by atoms with van der Waals surface area (Å²) in [5, 5.41) is 3.23. The van der Waals surface area contributed by atoms with Crippen LogP contribution in [0.4, 0.5) is 11.5 Å². The molecule has 1 aromatic heterocycles. The summed E-state index contributed by atoms with van der Waals surface area (Å²) < 4.78 is -3.69. The van der Waals surface area contributed by atoms with Gasteiger partial charge in [0.25, 0.3) is 0 Å². The van der Waals surface area contributed by atoms with E-state index in [0.29, 0.717) is 6.42 Å². The van der Waals surface area contributed by atoms with Gasteiger partial charge in [-0.3, -0.25) is 4.79 Å². The Labute approximate surface area is 158 Å². The van der Waals surface area contributed by atoms with E-state index in [2.05, 4.69) is 10.3 Å². The van der Waals surface area contributed by atoms with Crippen LogP contribution in [-0.2, 0) is 6.42 Å². The fourth-order valence-electron chi connectivity index (χ4n) is 2.09. The molecule has 0 saturated heterocycles. The number of hydrogen-bond acceptors (Lipinski definition) is 3. The van der Waals surface area contributed by atoms with Gasteiger partial charge in [-0.15, -0.1) is 0 Å². The van der Waals surface area contributed by atoms with Gasteiger partial charge >= 0.3 is 59.6 Å². The van der Waals surface area contributed by atoms with Gasteiger partial charge in [-0.1, -0.05) is 17.7 Å². The van der Waals surface area contributed by atoms with Crippen molar-refractivity contribution < 1.29 is 4.79 Å². The molecule has 1 aliphatic rings. The van der Waals surface area contributed by atoms with Crippen LogP contribution in [0, 0.1) is 6.92 Å². The van der Waals surface area contributed by atoms with Crippen molar-refractivity contribution in [2.75, 3.05) is 5.32 Å². The van der Waals surface area contributed by atoms with E-state index in [1.807, 2.05) is 37.3 Å². The molecule has 2 aromatic rings. The van der Waals surface area contributed by atoms with Crippen LogP contribution in [0.3, 0.4) is 0 Å². The second kappa shape index (κ2) is 6.92. The number of nitrogens with zero attached hydrogens (tertiary/aromatic N) is 1. The standard InChI is InChI=1S/C14H12N2O.Cl5P/c1-9-4-5-12-11(7-9)13(17)8-10-3-2-6-15-14(10)16-12;1-6(2,3,4)5/h2-7H,8H2,1H3,(H,15,16);. The Bertz CT molecular complexity index is 741. The molecular weight excluding hydrogens is 420 g/mol. The number of aromatic nitrogens is 1. The number of fused-ring (bicyclic) bond motifs is 2. The van der Waals surface area contributed by atoms with Gasteiger partial charge in [-0.05, 0) is 25.1 Å². The first-order valence-electron chi connectivity index (χ1n) is 6.43. The monoisotopic (exact) mass is 430 g/mol. The number of halogens is 5. The third-order valence-electron chi connectivity index (χ3n) is 2.97. The second-order valence-corrected chi connectivity index (χ2v) is 21.5. The van der Waals surface area contributed by atoms with Crippen LogP contribution in [-0.4, -0.2) is 10.8 Å². The maximum atomic E-state index is 12.2. The molecule has 0 fully saturated rings. The average Bonchev–Trinajstić information content (AvgIpc) is 2.52. The van der Waals surface area contributed by atoms with Crippen LogP contribution in [0.2, 0.25) is 0 Å². The number of anilines is 2. The summed E-state index contributed by atoms with van der Waals surface area (Å²) in [6, 6.07) is 9.65. The Balaban J connectivity index is 0.000000277. The van der Waals surface area contributed by atoms with E-state index < -0.39 is 3.37 Å². The number of benzene rings is 1. The summed E-state index contributed by atoms with van der Waals surface area (Å²) in [6.07, 6.45) is 2.14. The summed E-state index contributed by atoms with van der Waals surface area (Å²) in [7, 11) is 0. The number of hydrogen-bond donors (Lipinski definition) is 1. The molecule has 1 aliphatic heterocycles. The van der Waals surface area contributed by atoms with Crippen molar-refractivity contribution in [3.63, 3.8) is 0 Å². The van der Waals surface area contributed by atoms with E-state index in [0.717, 1.165) is 28.2 Å². The fourth-order valence-corrected chi connectivity index (χ4v) is 2.09. The van der Waals surface area contributed by atoms with Gasteiger partial charge in [0.1, 0.15) is 5.82 Å². The molecule has 0 saturated carbocycles. The van der Waals surface area contributed by atoms with Crippen molar-refractivity contribution in [1.29, 1.82) is 0 Å². The molecule has 0 aliphatic carbocycles. The van der Waals surface area contributed by atoms with Crippen molar-refractivity contribution >= 4 is 76.9 Å². The van der Waals surface area contributed by atoms with E-state index in [-0.39, 0.29) is 5.78 Å². The molecule has 0 amide bonds. The predicted molar refractivity (Wildman–Crippen MR) is 103 cm³/mol. The van der Waals surface area contributed by atoms with Crippen molar-refractivity contribution in [3.8, 4) is 0 Å². The zero-order valence-electron chi connectivity index (χ0n) is 11.9. The quantitative estimate of drug-likeness (QED) is 0.448.